The van der Waals surface area contributed by atoms with Crippen molar-refractivity contribution in [2.45, 2.75) is 25.3 Å². The Morgan fingerprint density at radius 2 is 1.83 bits per heavy atom. The third-order valence-corrected chi connectivity index (χ3v) is 5.14. The molecular formula is C21H24F2N4O3. The summed E-state index contributed by atoms with van der Waals surface area (Å²) >= 11 is 0. The summed E-state index contributed by atoms with van der Waals surface area (Å²) in [5, 5.41) is 17.3. The molecule has 1 amide bonds. The first-order valence-corrected chi connectivity index (χ1v) is 9.86. The van der Waals surface area contributed by atoms with Crippen LogP contribution in [-0.2, 0) is 11.2 Å². The van der Waals surface area contributed by atoms with Gasteiger partial charge in [-0.2, -0.15) is 0 Å². The van der Waals surface area contributed by atoms with Crippen molar-refractivity contribution < 1.29 is 18.5 Å². The Labute approximate surface area is 173 Å². The minimum Gasteiger partial charge on any atom is -0.366 e. The highest BCUT2D eigenvalue weighted by Crippen LogP contribution is 2.29. The van der Waals surface area contributed by atoms with Gasteiger partial charge in [0.25, 0.3) is 5.69 Å². The third kappa shape index (κ3) is 5.73. The van der Waals surface area contributed by atoms with Gasteiger partial charge in [0.15, 0.2) is 11.6 Å². The van der Waals surface area contributed by atoms with Gasteiger partial charge in [-0.15, -0.1) is 0 Å². The van der Waals surface area contributed by atoms with E-state index in [2.05, 4.69) is 10.6 Å². The van der Waals surface area contributed by atoms with E-state index in [0.29, 0.717) is 37.4 Å². The van der Waals surface area contributed by atoms with Crippen molar-refractivity contribution >= 4 is 17.3 Å². The normalized spacial score (nSPS) is 14.5. The molecule has 7 nitrogen and oxygen atoms in total. The van der Waals surface area contributed by atoms with Crippen molar-refractivity contribution in [3.63, 3.8) is 0 Å². The molecule has 1 saturated heterocycles. The first-order valence-electron chi connectivity index (χ1n) is 9.86. The molecule has 9 heteroatoms. The minimum absolute atomic E-state index is 0.00849. The van der Waals surface area contributed by atoms with E-state index in [1.807, 2.05) is 4.90 Å². The Kier molecular flexibility index (Phi) is 7.29. The highest BCUT2D eigenvalue weighted by molar-refractivity contribution is 5.78. The fourth-order valence-electron chi connectivity index (χ4n) is 3.59. The number of carbonyl (C=O) groups excluding carboxylic acids is 1. The monoisotopic (exact) mass is 418 g/mol. The van der Waals surface area contributed by atoms with Gasteiger partial charge in [0.1, 0.15) is 5.69 Å². The fraction of sp³-hybridized carbons (Fsp3) is 0.381. The highest BCUT2D eigenvalue weighted by Gasteiger charge is 2.24. The van der Waals surface area contributed by atoms with Crippen LogP contribution in [0.4, 0.5) is 20.2 Å². The van der Waals surface area contributed by atoms with Crippen molar-refractivity contribution in [3.8, 4) is 0 Å². The molecule has 0 aliphatic carbocycles. The van der Waals surface area contributed by atoms with Gasteiger partial charge in [-0.3, -0.25) is 14.9 Å². The topological polar surface area (TPSA) is 87.5 Å². The number of nitro benzene ring substituents is 1. The molecule has 2 N–H and O–H groups in total. The first kappa shape index (κ1) is 21.6. The van der Waals surface area contributed by atoms with Gasteiger partial charge >= 0.3 is 0 Å². The number of hydrogen-bond acceptors (Lipinski definition) is 5. The molecule has 2 aromatic carbocycles. The molecule has 0 unspecified atom stereocenters. The largest absolute Gasteiger partial charge is 0.366 e. The summed E-state index contributed by atoms with van der Waals surface area (Å²) < 4.78 is 26.1. The summed E-state index contributed by atoms with van der Waals surface area (Å²) in [6, 6.07) is 10.4. The third-order valence-electron chi connectivity index (χ3n) is 5.14. The quantitative estimate of drug-likeness (QED) is 0.391. The first-order chi connectivity index (χ1) is 14.4. The summed E-state index contributed by atoms with van der Waals surface area (Å²) in [5.41, 5.74) is 1.18. The van der Waals surface area contributed by atoms with E-state index in [4.69, 9.17) is 0 Å². The Morgan fingerprint density at radius 3 is 2.53 bits per heavy atom. The number of anilines is 1. The molecule has 1 fully saturated rings. The standard InChI is InChI=1S/C21H24F2N4O3/c22-17-6-5-15(13-18(17)23)14-21(28)25-10-9-24-16-7-11-26(12-8-16)19-3-1-2-4-20(19)27(29)30/h1-6,13,16,24H,7-12,14H2,(H,25,28). The smallest absolute Gasteiger partial charge is 0.292 e. The maximum Gasteiger partial charge on any atom is 0.292 e. The van der Waals surface area contributed by atoms with E-state index in [0.717, 1.165) is 25.0 Å². The lowest BCUT2D eigenvalue weighted by molar-refractivity contribution is -0.384. The number of piperidine rings is 1. The molecule has 1 aliphatic rings. The summed E-state index contributed by atoms with van der Waals surface area (Å²) in [6.07, 6.45) is 1.68. The van der Waals surface area contributed by atoms with E-state index in [1.54, 1.807) is 18.2 Å². The Morgan fingerprint density at radius 1 is 1.10 bits per heavy atom. The highest BCUT2D eigenvalue weighted by atomic mass is 19.2. The number of halogens is 2. The number of nitrogens with zero attached hydrogens (tertiary/aromatic N) is 2. The van der Waals surface area contributed by atoms with E-state index in [9.17, 15) is 23.7 Å². The average molecular weight is 418 g/mol. The van der Waals surface area contributed by atoms with Crippen molar-refractivity contribution in [3.05, 3.63) is 69.8 Å². The van der Waals surface area contributed by atoms with Gasteiger partial charge < -0.3 is 15.5 Å². The molecule has 0 saturated carbocycles. The zero-order valence-electron chi connectivity index (χ0n) is 16.4. The lowest BCUT2D eigenvalue weighted by Gasteiger charge is -2.33. The van der Waals surface area contributed by atoms with Gasteiger partial charge in [-0.05, 0) is 36.6 Å². The fourth-order valence-corrected chi connectivity index (χ4v) is 3.59. The second-order valence-electron chi connectivity index (χ2n) is 7.24. The molecule has 0 atom stereocenters. The molecule has 3 rings (SSSR count). The van der Waals surface area contributed by atoms with Crippen LogP contribution in [0.25, 0.3) is 0 Å². The number of nitro groups is 1. The van der Waals surface area contributed by atoms with E-state index in [-0.39, 0.29) is 29.0 Å². The van der Waals surface area contributed by atoms with Crippen molar-refractivity contribution in [2.24, 2.45) is 0 Å². The zero-order chi connectivity index (χ0) is 21.5. The van der Waals surface area contributed by atoms with Crippen LogP contribution in [0.2, 0.25) is 0 Å². The number of para-hydroxylation sites is 2. The molecule has 160 valence electrons. The maximum absolute atomic E-state index is 13.2. The van der Waals surface area contributed by atoms with Crippen LogP contribution < -0.4 is 15.5 Å². The number of benzene rings is 2. The van der Waals surface area contributed by atoms with Gasteiger partial charge in [0, 0.05) is 38.3 Å². The molecule has 2 aromatic rings. The molecule has 0 radical (unpaired) electrons. The van der Waals surface area contributed by atoms with E-state index in [1.165, 1.54) is 12.1 Å². The number of rotatable bonds is 8. The lowest BCUT2D eigenvalue weighted by atomic mass is 10.0. The van der Waals surface area contributed by atoms with Gasteiger partial charge in [0.05, 0.1) is 11.3 Å². The van der Waals surface area contributed by atoms with Gasteiger partial charge in [0.2, 0.25) is 5.91 Å². The zero-order valence-corrected chi connectivity index (χ0v) is 16.4. The van der Waals surface area contributed by atoms with Crippen LogP contribution in [0.3, 0.4) is 0 Å². The summed E-state index contributed by atoms with van der Waals surface area (Å²) in [4.78, 5) is 24.8. The van der Waals surface area contributed by atoms with Crippen LogP contribution in [0.1, 0.15) is 18.4 Å². The van der Waals surface area contributed by atoms with Crippen LogP contribution in [0.5, 0.6) is 0 Å². The van der Waals surface area contributed by atoms with Crippen molar-refractivity contribution in [2.75, 3.05) is 31.1 Å². The lowest BCUT2D eigenvalue weighted by Crippen LogP contribution is -2.45. The van der Waals surface area contributed by atoms with E-state index < -0.39 is 11.6 Å². The summed E-state index contributed by atoms with van der Waals surface area (Å²) in [6.45, 7) is 2.43. The molecule has 30 heavy (non-hydrogen) atoms. The maximum atomic E-state index is 13.2. The Bertz CT molecular complexity index is 902. The molecule has 0 aromatic heterocycles. The number of carbonyl (C=O) groups is 1. The van der Waals surface area contributed by atoms with Crippen molar-refractivity contribution in [1.29, 1.82) is 0 Å². The van der Waals surface area contributed by atoms with Crippen LogP contribution in [-0.4, -0.2) is 43.1 Å². The molecule has 0 bridgehead atoms. The van der Waals surface area contributed by atoms with Gasteiger partial charge in [-0.1, -0.05) is 18.2 Å². The summed E-state index contributed by atoms with van der Waals surface area (Å²) in [5.74, 6) is -2.15. The van der Waals surface area contributed by atoms with Crippen LogP contribution >= 0.6 is 0 Å². The second-order valence-corrected chi connectivity index (χ2v) is 7.24. The molecule has 1 aliphatic heterocycles. The average Bonchev–Trinajstić information content (AvgIpc) is 2.74. The predicted molar refractivity (Wildman–Crippen MR) is 109 cm³/mol. The minimum atomic E-state index is -0.964. The Hall–Kier alpha value is -3.07. The molecule has 0 spiro atoms. The molecular weight excluding hydrogens is 394 g/mol. The number of nitrogens with one attached hydrogen (secondary N) is 2. The Balaban J connectivity index is 1.36. The SMILES string of the molecule is O=C(Cc1ccc(F)c(F)c1)NCCNC1CCN(c2ccccc2[N+](=O)[O-])CC1. The molecule has 1 heterocycles. The van der Waals surface area contributed by atoms with Crippen LogP contribution in [0, 0.1) is 21.7 Å². The van der Waals surface area contributed by atoms with Crippen molar-refractivity contribution in [1.82, 2.24) is 10.6 Å². The van der Waals surface area contributed by atoms with E-state index >= 15 is 0 Å². The van der Waals surface area contributed by atoms with Crippen LogP contribution in [0.15, 0.2) is 42.5 Å². The number of hydrogen-bond donors (Lipinski definition) is 2. The number of amides is 1. The predicted octanol–water partition coefficient (Wildman–Crippen LogP) is 2.79. The second kappa shape index (κ2) is 10.1. The van der Waals surface area contributed by atoms with Gasteiger partial charge in [-0.25, -0.2) is 8.78 Å². The summed E-state index contributed by atoms with van der Waals surface area (Å²) in [7, 11) is 0.